The van der Waals surface area contributed by atoms with Crippen LogP contribution < -0.4 is 17.1 Å². The van der Waals surface area contributed by atoms with E-state index in [9.17, 15) is 19.2 Å². The average Bonchev–Trinajstić information content (AvgIpc) is 2.51. The van der Waals surface area contributed by atoms with Crippen LogP contribution in [0.1, 0.15) is 6.92 Å². The van der Waals surface area contributed by atoms with Crippen molar-refractivity contribution in [1.82, 2.24) is 13.7 Å². The number of ether oxygens (including phenoxy) is 1. The first-order chi connectivity index (χ1) is 10.8. The van der Waals surface area contributed by atoms with Crippen molar-refractivity contribution in [3.05, 3.63) is 68.9 Å². The largest absolute Gasteiger partial charge is 0.460 e. The van der Waals surface area contributed by atoms with Crippen LogP contribution in [-0.2, 0) is 29.2 Å². The third kappa shape index (κ3) is 4.06. The Balaban J connectivity index is 3.27. The van der Waals surface area contributed by atoms with E-state index in [4.69, 9.17) is 4.74 Å². The SMILES string of the molecule is C=CCn1c(=O)n(CC=C)c(=O)n(CCOC(=O)C(=C)C)c1=O. The van der Waals surface area contributed by atoms with Crippen LogP contribution in [0.4, 0.5) is 0 Å². The standard InChI is InChI=1S/C15H19N3O5/c1-5-7-16-13(20)17(8-6-2)15(22)18(14(16)21)9-10-23-12(19)11(3)4/h5-6H,1-3,7-10H2,4H3. The van der Waals surface area contributed by atoms with Gasteiger partial charge in [-0.25, -0.2) is 32.9 Å². The molecule has 8 nitrogen and oxygen atoms in total. The number of nitrogens with zero attached hydrogens (tertiary/aromatic N) is 3. The van der Waals surface area contributed by atoms with Crippen molar-refractivity contribution in [1.29, 1.82) is 0 Å². The van der Waals surface area contributed by atoms with Crippen LogP contribution >= 0.6 is 0 Å². The van der Waals surface area contributed by atoms with E-state index in [0.29, 0.717) is 0 Å². The Morgan fingerprint density at radius 2 is 1.43 bits per heavy atom. The third-order valence-electron chi connectivity index (χ3n) is 2.91. The molecule has 0 radical (unpaired) electrons. The predicted molar refractivity (Wildman–Crippen MR) is 85.4 cm³/mol. The molecule has 23 heavy (non-hydrogen) atoms. The van der Waals surface area contributed by atoms with E-state index in [-0.39, 0.29) is 31.8 Å². The minimum atomic E-state index is -0.786. The molecule has 0 fully saturated rings. The van der Waals surface area contributed by atoms with E-state index in [1.54, 1.807) is 0 Å². The highest BCUT2D eigenvalue weighted by Crippen LogP contribution is 1.91. The number of carbonyl (C=O) groups excluding carboxylic acids is 1. The molecule has 1 aromatic rings. The average molecular weight is 321 g/mol. The molecule has 0 aliphatic carbocycles. The zero-order valence-electron chi connectivity index (χ0n) is 13.0. The van der Waals surface area contributed by atoms with Crippen LogP contribution in [0, 0.1) is 0 Å². The highest BCUT2D eigenvalue weighted by atomic mass is 16.5. The molecular formula is C15H19N3O5. The summed E-state index contributed by atoms with van der Waals surface area (Å²) in [6.07, 6.45) is 2.74. The lowest BCUT2D eigenvalue weighted by Crippen LogP contribution is -2.54. The molecule has 1 aromatic heterocycles. The van der Waals surface area contributed by atoms with Gasteiger partial charge in [-0.2, -0.15) is 0 Å². The van der Waals surface area contributed by atoms with Gasteiger partial charge in [0, 0.05) is 5.57 Å². The maximum absolute atomic E-state index is 12.2. The van der Waals surface area contributed by atoms with E-state index in [1.165, 1.54) is 19.1 Å². The summed E-state index contributed by atoms with van der Waals surface area (Å²) in [5.41, 5.74) is -2.11. The van der Waals surface area contributed by atoms with Crippen molar-refractivity contribution < 1.29 is 9.53 Å². The summed E-state index contributed by atoms with van der Waals surface area (Å²) in [5, 5.41) is 0. The maximum Gasteiger partial charge on any atom is 0.336 e. The number of allylic oxidation sites excluding steroid dienone is 2. The first kappa shape index (κ1) is 18.1. The van der Waals surface area contributed by atoms with Crippen LogP contribution in [0.15, 0.2) is 51.8 Å². The first-order valence-electron chi connectivity index (χ1n) is 6.84. The number of hydrogen-bond donors (Lipinski definition) is 0. The summed E-state index contributed by atoms with van der Waals surface area (Å²) >= 11 is 0. The fourth-order valence-corrected chi connectivity index (χ4v) is 1.80. The molecule has 0 atom stereocenters. The molecule has 0 N–H and O–H groups in total. The lowest BCUT2D eigenvalue weighted by atomic mass is 10.4. The number of esters is 1. The van der Waals surface area contributed by atoms with Crippen molar-refractivity contribution in [3.8, 4) is 0 Å². The quantitative estimate of drug-likeness (QED) is 0.371. The minimum Gasteiger partial charge on any atom is -0.460 e. The van der Waals surface area contributed by atoms with Crippen molar-refractivity contribution in [3.63, 3.8) is 0 Å². The van der Waals surface area contributed by atoms with Gasteiger partial charge in [0.2, 0.25) is 0 Å². The molecule has 0 bridgehead atoms. The Kier molecular flexibility index (Phi) is 6.25. The van der Waals surface area contributed by atoms with Gasteiger partial charge in [-0.3, -0.25) is 0 Å². The van der Waals surface area contributed by atoms with Gasteiger partial charge in [-0.1, -0.05) is 18.7 Å². The zero-order valence-corrected chi connectivity index (χ0v) is 13.0. The lowest BCUT2D eigenvalue weighted by Gasteiger charge is -2.12. The van der Waals surface area contributed by atoms with Gasteiger partial charge in [-0.05, 0) is 6.92 Å². The van der Waals surface area contributed by atoms with Gasteiger partial charge in [0.1, 0.15) is 6.61 Å². The number of rotatable bonds is 8. The molecule has 0 saturated carbocycles. The van der Waals surface area contributed by atoms with Gasteiger partial charge in [0.05, 0.1) is 19.6 Å². The monoisotopic (exact) mass is 321 g/mol. The van der Waals surface area contributed by atoms with E-state index in [1.807, 2.05) is 0 Å². The second-order valence-electron chi connectivity index (χ2n) is 4.71. The van der Waals surface area contributed by atoms with E-state index < -0.39 is 23.0 Å². The Morgan fingerprint density at radius 1 is 1.00 bits per heavy atom. The van der Waals surface area contributed by atoms with E-state index in [0.717, 1.165) is 13.7 Å². The molecular weight excluding hydrogens is 302 g/mol. The summed E-state index contributed by atoms with van der Waals surface area (Å²) in [6.45, 7) is 11.4. The number of aromatic nitrogens is 3. The Bertz CT molecular complexity index is 762. The summed E-state index contributed by atoms with van der Waals surface area (Å²) in [6, 6.07) is 0. The number of carbonyl (C=O) groups is 1. The van der Waals surface area contributed by atoms with Gasteiger partial charge in [0.25, 0.3) is 0 Å². The molecule has 0 aromatic carbocycles. The Morgan fingerprint density at radius 3 is 1.83 bits per heavy atom. The minimum absolute atomic E-state index is 0.0410. The normalized spacial score (nSPS) is 10.1. The molecule has 0 aliphatic rings. The maximum atomic E-state index is 12.2. The summed E-state index contributed by atoms with van der Waals surface area (Å²) < 4.78 is 7.45. The Labute approximate surface area is 132 Å². The summed E-state index contributed by atoms with van der Waals surface area (Å²) in [5.74, 6) is -0.621. The zero-order chi connectivity index (χ0) is 17.6. The predicted octanol–water partition coefficient (Wildman–Crippen LogP) is -0.337. The summed E-state index contributed by atoms with van der Waals surface area (Å²) in [7, 11) is 0. The van der Waals surface area contributed by atoms with Crippen LogP contribution in [-0.4, -0.2) is 26.3 Å². The van der Waals surface area contributed by atoms with Crippen molar-refractivity contribution >= 4 is 5.97 Å². The molecule has 1 heterocycles. The molecule has 0 saturated heterocycles. The van der Waals surface area contributed by atoms with Crippen molar-refractivity contribution in [2.75, 3.05) is 6.61 Å². The second kappa shape index (κ2) is 7.92. The van der Waals surface area contributed by atoms with Gasteiger partial charge in [0.15, 0.2) is 0 Å². The van der Waals surface area contributed by atoms with Crippen molar-refractivity contribution in [2.45, 2.75) is 26.6 Å². The highest BCUT2D eigenvalue weighted by Gasteiger charge is 2.14. The molecule has 8 heteroatoms. The van der Waals surface area contributed by atoms with Crippen molar-refractivity contribution in [2.24, 2.45) is 0 Å². The fraction of sp³-hybridized carbons (Fsp3) is 0.333. The molecule has 124 valence electrons. The van der Waals surface area contributed by atoms with E-state index in [2.05, 4.69) is 19.7 Å². The van der Waals surface area contributed by atoms with Crippen LogP contribution in [0.25, 0.3) is 0 Å². The lowest BCUT2D eigenvalue weighted by molar-refractivity contribution is -0.139. The topological polar surface area (TPSA) is 92.3 Å². The first-order valence-corrected chi connectivity index (χ1v) is 6.84. The fourth-order valence-electron chi connectivity index (χ4n) is 1.80. The smallest absolute Gasteiger partial charge is 0.336 e. The van der Waals surface area contributed by atoms with Gasteiger partial charge in [-0.15, -0.1) is 13.2 Å². The van der Waals surface area contributed by atoms with Crippen LogP contribution in [0.2, 0.25) is 0 Å². The molecule has 0 aliphatic heterocycles. The third-order valence-corrected chi connectivity index (χ3v) is 2.91. The number of hydrogen-bond acceptors (Lipinski definition) is 5. The molecule has 0 unspecified atom stereocenters. The second-order valence-corrected chi connectivity index (χ2v) is 4.71. The Hall–Kier alpha value is -2.90. The van der Waals surface area contributed by atoms with Crippen LogP contribution in [0.3, 0.4) is 0 Å². The van der Waals surface area contributed by atoms with Gasteiger partial charge >= 0.3 is 23.0 Å². The van der Waals surface area contributed by atoms with Crippen LogP contribution in [0.5, 0.6) is 0 Å². The molecule has 0 amide bonds. The molecule has 1 rings (SSSR count). The van der Waals surface area contributed by atoms with Gasteiger partial charge < -0.3 is 4.74 Å². The molecule has 0 spiro atoms. The highest BCUT2D eigenvalue weighted by molar-refractivity contribution is 5.86. The van der Waals surface area contributed by atoms with E-state index >= 15 is 0 Å². The summed E-state index contributed by atoms with van der Waals surface area (Å²) in [4.78, 5) is 48.0.